The molecule has 0 amide bonds. The highest BCUT2D eigenvalue weighted by molar-refractivity contribution is 9.10. The van der Waals surface area contributed by atoms with Crippen LogP contribution in [-0.4, -0.2) is 29.2 Å². The van der Waals surface area contributed by atoms with Gasteiger partial charge in [-0.25, -0.2) is 0 Å². The summed E-state index contributed by atoms with van der Waals surface area (Å²) in [4.78, 5) is 0. The maximum atomic E-state index is 5.87. The fourth-order valence-electron chi connectivity index (χ4n) is 2.40. The first-order chi connectivity index (χ1) is 12.8. The van der Waals surface area contributed by atoms with Gasteiger partial charge in [-0.1, -0.05) is 45.9 Å². The van der Waals surface area contributed by atoms with Crippen molar-refractivity contribution in [2.45, 2.75) is 11.3 Å². The molecule has 0 N–H and O–H groups in total. The minimum Gasteiger partial charge on any atom is -0.493 e. The van der Waals surface area contributed by atoms with Gasteiger partial charge in [0, 0.05) is 10.2 Å². The Hall–Kier alpha value is -2.19. The highest BCUT2D eigenvalue weighted by atomic mass is 79.9. The molecule has 0 fully saturated rings. The number of benzene rings is 2. The number of halogens is 1. The van der Waals surface area contributed by atoms with Crippen molar-refractivity contribution in [3.05, 3.63) is 58.9 Å². The summed E-state index contributed by atoms with van der Waals surface area (Å²) in [6, 6.07) is 15.2. The Balaban J connectivity index is 1.28. The van der Waals surface area contributed by atoms with Crippen LogP contribution < -0.4 is 14.2 Å². The molecule has 0 saturated carbocycles. The monoisotopic (exact) mass is 434 g/mol. The smallest absolute Gasteiger partial charge is 0.276 e. The molecule has 0 bridgehead atoms. The molecule has 6 nitrogen and oxygen atoms in total. The van der Waals surface area contributed by atoms with Gasteiger partial charge < -0.3 is 18.6 Å². The molecule has 1 aliphatic rings. The van der Waals surface area contributed by atoms with Gasteiger partial charge in [0.05, 0.1) is 6.61 Å². The number of hydrogen-bond acceptors (Lipinski definition) is 7. The first-order valence-electron chi connectivity index (χ1n) is 8.01. The van der Waals surface area contributed by atoms with Gasteiger partial charge in [0.25, 0.3) is 11.1 Å². The van der Waals surface area contributed by atoms with E-state index in [1.165, 1.54) is 11.8 Å². The predicted octanol–water partition coefficient (Wildman–Crippen LogP) is 4.52. The second kappa shape index (κ2) is 8.01. The third-order valence-electron chi connectivity index (χ3n) is 3.58. The molecule has 0 unspecified atom stereocenters. The molecular formula is C18H15BrN2O4S. The minimum atomic E-state index is -0.398. The van der Waals surface area contributed by atoms with E-state index in [1.54, 1.807) is 0 Å². The molecule has 0 radical (unpaired) electrons. The maximum Gasteiger partial charge on any atom is 0.276 e. The van der Waals surface area contributed by atoms with Crippen LogP contribution in [0.5, 0.6) is 17.2 Å². The Morgan fingerprint density at radius 2 is 2.00 bits per heavy atom. The van der Waals surface area contributed by atoms with E-state index in [0.717, 1.165) is 16.0 Å². The van der Waals surface area contributed by atoms with E-state index in [-0.39, 0.29) is 0 Å². The fraction of sp³-hybridized carbons (Fsp3) is 0.222. The van der Waals surface area contributed by atoms with E-state index in [1.807, 2.05) is 48.5 Å². The van der Waals surface area contributed by atoms with Crippen molar-refractivity contribution in [3.8, 4) is 17.2 Å². The fourth-order valence-corrected chi connectivity index (χ4v) is 3.36. The molecule has 1 aliphatic heterocycles. The second-order valence-corrected chi connectivity index (χ2v) is 7.39. The van der Waals surface area contributed by atoms with Gasteiger partial charge in [0.1, 0.15) is 12.4 Å². The topological polar surface area (TPSA) is 66.6 Å². The highest BCUT2D eigenvalue weighted by Crippen LogP contribution is 2.35. The molecule has 0 aliphatic carbocycles. The standard InChI is InChI=1S/C18H15BrN2O4S/c19-12-4-3-5-13(10-12)22-8-9-26-18-21-20-17(25-18)16-11-23-14-6-1-2-7-15(14)24-16/h1-7,10,16H,8-9,11H2/t16-/m0/s1. The molecule has 2 heterocycles. The Morgan fingerprint density at radius 1 is 1.12 bits per heavy atom. The van der Waals surface area contributed by atoms with Crippen LogP contribution in [0.15, 0.2) is 62.6 Å². The first-order valence-corrected chi connectivity index (χ1v) is 9.79. The summed E-state index contributed by atoms with van der Waals surface area (Å²) < 4.78 is 23.9. The van der Waals surface area contributed by atoms with Crippen molar-refractivity contribution in [2.24, 2.45) is 0 Å². The number of aromatic nitrogens is 2. The van der Waals surface area contributed by atoms with E-state index < -0.39 is 6.10 Å². The predicted molar refractivity (Wildman–Crippen MR) is 100.0 cm³/mol. The summed E-state index contributed by atoms with van der Waals surface area (Å²) in [5, 5.41) is 8.61. The van der Waals surface area contributed by atoms with E-state index in [4.69, 9.17) is 18.6 Å². The molecular weight excluding hydrogens is 420 g/mol. The molecule has 4 rings (SSSR count). The number of hydrogen-bond donors (Lipinski definition) is 0. The van der Waals surface area contributed by atoms with Crippen molar-refractivity contribution in [3.63, 3.8) is 0 Å². The summed E-state index contributed by atoms with van der Waals surface area (Å²) in [6.45, 7) is 0.880. The summed E-state index contributed by atoms with van der Waals surface area (Å²) in [6.07, 6.45) is -0.398. The van der Waals surface area contributed by atoms with Crippen molar-refractivity contribution >= 4 is 27.7 Å². The van der Waals surface area contributed by atoms with Crippen LogP contribution in [0.4, 0.5) is 0 Å². The second-order valence-electron chi connectivity index (χ2n) is 5.42. The number of ether oxygens (including phenoxy) is 3. The van der Waals surface area contributed by atoms with Gasteiger partial charge >= 0.3 is 0 Å². The van der Waals surface area contributed by atoms with Crippen LogP contribution in [0, 0.1) is 0 Å². The summed E-state index contributed by atoms with van der Waals surface area (Å²) in [7, 11) is 0. The van der Waals surface area contributed by atoms with E-state index >= 15 is 0 Å². The number of fused-ring (bicyclic) bond motifs is 1. The van der Waals surface area contributed by atoms with Crippen molar-refractivity contribution in [1.29, 1.82) is 0 Å². The van der Waals surface area contributed by atoms with Crippen LogP contribution in [0.2, 0.25) is 0 Å². The largest absolute Gasteiger partial charge is 0.493 e. The Morgan fingerprint density at radius 3 is 2.88 bits per heavy atom. The summed E-state index contributed by atoms with van der Waals surface area (Å²) >= 11 is 4.86. The third-order valence-corrected chi connectivity index (χ3v) is 4.86. The lowest BCUT2D eigenvalue weighted by atomic mass is 10.2. The van der Waals surface area contributed by atoms with Gasteiger partial charge in [-0.2, -0.15) is 0 Å². The molecule has 1 aromatic heterocycles. The third kappa shape index (κ3) is 4.13. The Kier molecular flexibility index (Phi) is 5.31. The molecule has 134 valence electrons. The van der Waals surface area contributed by atoms with Gasteiger partial charge in [-0.15, -0.1) is 10.2 Å². The van der Waals surface area contributed by atoms with Crippen LogP contribution >= 0.6 is 27.7 Å². The lowest BCUT2D eigenvalue weighted by Gasteiger charge is -2.23. The average Bonchev–Trinajstić information content (AvgIpc) is 3.14. The minimum absolute atomic E-state index is 0.343. The molecule has 8 heteroatoms. The van der Waals surface area contributed by atoms with E-state index in [0.29, 0.717) is 35.8 Å². The van der Waals surface area contributed by atoms with E-state index in [9.17, 15) is 0 Å². The molecule has 0 spiro atoms. The number of thioether (sulfide) groups is 1. The van der Waals surface area contributed by atoms with Crippen LogP contribution in [0.25, 0.3) is 0 Å². The highest BCUT2D eigenvalue weighted by Gasteiger charge is 2.27. The molecule has 1 atom stereocenters. The maximum absolute atomic E-state index is 5.87. The first kappa shape index (κ1) is 17.2. The SMILES string of the molecule is Brc1cccc(OCCSc2nnc([C@@H]3COc4ccccc4O3)o2)c1. The summed E-state index contributed by atoms with van der Waals surface area (Å²) in [5.74, 6) is 3.33. The van der Waals surface area contributed by atoms with Gasteiger partial charge in [-0.3, -0.25) is 0 Å². The Bertz CT molecular complexity index is 889. The van der Waals surface area contributed by atoms with Crippen LogP contribution in [0.3, 0.4) is 0 Å². The molecule has 3 aromatic rings. The normalized spacial score (nSPS) is 15.7. The van der Waals surface area contributed by atoms with Gasteiger partial charge in [0.15, 0.2) is 11.5 Å². The van der Waals surface area contributed by atoms with Crippen LogP contribution in [0.1, 0.15) is 12.0 Å². The number of para-hydroxylation sites is 2. The quantitative estimate of drug-likeness (QED) is 0.417. The average molecular weight is 435 g/mol. The van der Waals surface area contributed by atoms with Crippen molar-refractivity contribution in [2.75, 3.05) is 19.0 Å². The lowest BCUT2D eigenvalue weighted by molar-refractivity contribution is 0.0686. The van der Waals surface area contributed by atoms with E-state index in [2.05, 4.69) is 26.1 Å². The zero-order valence-corrected chi connectivity index (χ0v) is 16.0. The zero-order valence-electron chi connectivity index (χ0n) is 13.6. The number of rotatable bonds is 6. The molecule has 2 aromatic carbocycles. The molecule has 26 heavy (non-hydrogen) atoms. The van der Waals surface area contributed by atoms with Gasteiger partial charge in [-0.05, 0) is 30.3 Å². The van der Waals surface area contributed by atoms with Crippen LogP contribution in [-0.2, 0) is 0 Å². The van der Waals surface area contributed by atoms with Crippen molar-refractivity contribution < 1.29 is 18.6 Å². The summed E-state index contributed by atoms with van der Waals surface area (Å²) in [5.41, 5.74) is 0. The molecule has 0 saturated heterocycles. The van der Waals surface area contributed by atoms with Gasteiger partial charge in [0.2, 0.25) is 6.10 Å². The Labute approximate surface area is 163 Å². The lowest BCUT2D eigenvalue weighted by Crippen LogP contribution is -2.21. The zero-order chi connectivity index (χ0) is 17.8. The number of nitrogens with zero attached hydrogens (tertiary/aromatic N) is 2. The van der Waals surface area contributed by atoms with Crippen molar-refractivity contribution in [1.82, 2.24) is 10.2 Å².